The number of nitrogens with zero attached hydrogens (tertiary/aromatic N) is 1. The zero-order valence-corrected chi connectivity index (χ0v) is 13.4. The van der Waals surface area contributed by atoms with E-state index in [1.165, 1.54) is 32.9 Å². The van der Waals surface area contributed by atoms with Gasteiger partial charge in [-0.05, 0) is 62.3 Å². The van der Waals surface area contributed by atoms with E-state index in [0.717, 1.165) is 44.0 Å². The number of methoxy groups -OCH3 is 1. The standard InChI is InChI=1S/C18H26FNO2/c1-21-18-7-6-14(12-16(18)19)4-2-9-20-10-8-17-15(13-20)5-3-11-22-17/h6-7,12,15,17H,2-5,8-11,13H2,1H3/t15-,17-/m0/s1. The Labute approximate surface area is 132 Å². The molecule has 2 aliphatic heterocycles. The first-order chi connectivity index (χ1) is 10.8. The number of halogens is 1. The van der Waals surface area contributed by atoms with E-state index in [0.29, 0.717) is 11.9 Å². The molecular formula is C18H26FNO2. The minimum Gasteiger partial charge on any atom is -0.494 e. The van der Waals surface area contributed by atoms with Gasteiger partial charge in [-0.25, -0.2) is 4.39 Å². The molecule has 0 aliphatic carbocycles. The number of aryl methyl sites for hydroxylation is 1. The van der Waals surface area contributed by atoms with Crippen LogP contribution in [0.3, 0.4) is 0 Å². The SMILES string of the molecule is COc1ccc(CCCN2CC[C@@H]3OCCC[C@H]3C2)cc1F. The van der Waals surface area contributed by atoms with Crippen LogP contribution in [0.5, 0.6) is 5.75 Å². The molecule has 0 radical (unpaired) electrons. The van der Waals surface area contributed by atoms with Crippen LogP contribution in [0.25, 0.3) is 0 Å². The van der Waals surface area contributed by atoms with Crippen LogP contribution in [0.15, 0.2) is 18.2 Å². The van der Waals surface area contributed by atoms with Crippen molar-refractivity contribution in [1.82, 2.24) is 4.90 Å². The van der Waals surface area contributed by atoms with Gasteiger partial charge in [0, 0.05) is 19.7 Å². The smallest absolute Gasteiger partial charge is 0.165 e. The van der Waals surface area contributed by atoms with Gasteiger partial charge in [-0.1, -0.05) is 6.07 Å². The topological polar surface area (TPSA) is 21.7 Å². The second kappa shape index (κ2) is 7.42. The van der Waals surface area contributed by atoms with Gasteiger partial charge in [-0.3, -0.25) is 0 Å². The summed E-state index contributed by atoms with van der Waals surface area (Å²) >= 11 is 0. The molecule has 0 saturated carbocycles. The van der Waals surface area contributed by atoms with Crippen molar-refractivity contribution < 1.29 is 13.9 Å². The Morgan fingerprint density at radius 3 is 3.09 bits per heavy atom. The number of fused-ring (bicyclic) bond motifs is 1. The number of piperidine rings is 1. The first-order valence-electron chi connectivity index (χ1n) is 8.42. The Morgan fingerprint density at radius 2 is 2.27 bits per heavy atom. The molecule has 1 aromatic rings. The van der Waals surface area contributed by atoms with Gasteiger partial charge in [-0.15, -0.1) is 0 Å². The zero-order chi connectivity index (χ0) is 15.4. The molecule has 2 heterocycles. The number of hydrogen-bond acceptors (Lipinski definition) is 3. The monoisotopic (exact) mass is 307 g/mol. The Morgan fingerprint density at radius 1 is 1.36 bits per heavy atom. The zero-order valence-electron chi connectivity index (χ0n) is 13.4. The minimum absolute atomic E-state index is 0.264. The molecule has 0 unspecified atom stereocenters. The molecule has 0 N–H and O–H groups in total. The molecule has 0 aromatic heterocycles. The van der Waals surface area contributed by atoms with Gasteiger partial charge in [-0.2, -0.15) is 0 Å². The van der Waals surface area contributed by atoms with Gasteiger partial charge in [0.05, 0.1) is 13.2 Å². The average molecular weight is 307 g/mol. The molecule has 22 heavy (non-hydrogen) atoms. The van der Waals surface area contributed by atoms with Gasteiger partial charge >= 0.3 is 0 Å². The second-order valence-electron chi connectivity index (χ2n) is 6.47. The van der Waals surface area contributed by atoms with Crippen LogP contribution in [-0.4, -0.2) is 44.4 Å². The van der Waals surface area contributed by atoms with Crippen LogP contribution in [0.2, 0.25) is 0 Å². The van der Waals surface area contributed by atoms with Crippen molar-refractivity contribution in [3.05, 3.63) is 29.6 Å². The lowest BCUT2D eigenvalue weighted by molar-refractivity contribution is -0.0661. The van der Waals surface area contributed by atoms with E-state index in [1.54, 1.807) is 12.1 Å². The van der Waals surface area contributed by atoms with E-state index in [-0.39, 0.29) is 5.82 Å². The molecule has 3 rings (SSSR count). The summed E-state index contributed by atoms with van der Waals surface area (Å²) < 4.78 is 24.5. The number of hydrogen-bond donors (Lipinski definition) is 0. The van der Waals surface area contributed by atoms with Crippen LogP contribution < -0.4 is 4.74 Å². The number of benzene rings is 1. The van der Waals surface area contributed by atoms with Crippen molar-refractivity contribution in [1.29, 1.82) is 0 Å². The highest BCUT2D eigenvalue weighted by Gasteiger charge is 2.31. The van der Waals surface area contributed by atoms with E-state index < -0.39 is 0 Å². The molecule has 4 heteroatoms. The third-order valence-corrected chi connectivity index (χ3v) is 4.96. The van der Waals surface area contributed by atoms with Crippen LogP contribution in [0.4, 0.5) is 4.39 Å². The van der Waals surface area contributed by atoms with E-state index in [1.807, 2.05) is 6.07 Å². The molecule has 3 nitrogen and oxygen atoms in total. The number of likely N-dealkylation sites (tertiary alicyclic amines) is 1. The van der Waals surface area contributed by atoms with Crippen molar-refractivity contribution in [2.24, 2.45) is 5.92 Å². The Bertz CT molecular complexity index is 494. The third kappa shape index (κ3) is 3.79. The normalized spacial score (nSPS) is 25.7. The average Bonchev–Trinajstić information content (AvgIpc) is 2.55. The highest BCUT2D eigenvalue weighted by atomic mass is 19.1. The summed E-state index contributed by atoms with van der Waals surface area (Å²) in [6.07, 6.45) is 6.18. The lowest BCUT2D eigenvalue weighted by Gasteiger charge is -2.41. The summed E-state index contributed by atoms with van der Waals surface area (Å²) in [5.41, 5.74) is 1.05. The Kier molecular flexibility index (Phi) is 5.32. The van der Waals surface area contributed by atoms with Crippen LogP contribution in [-0.2, 0) is 11.2 Å². The molecule has 0 amide bonds. The largest absolute Gasteiger partial charge is 0.494 e. The maximum absolute atomic E-state index is 13.7. The molecule has 0 spiro atoms. The van der Waals surface area contributed by atoms with Crippen LogP contribution >= 0.6 is 0 Å². The highest BCUT2D eigenvalue weighted by molar-refractivity contribution is 5.29. The highest BCUT2D eigenvalue weighted by Crippen LogP contribution is 2.28. The molecule has 122 valence electrons. The van der Waals surface area contributed by atoms with Crippen molar-refractivity contribution >= 4 is 0 Å². The Balaban J connectivity index is 1.44. The van der Waals surface area contributed by atoms with Crippen molar-refractivity contribution in [2.75, 3.05) is 33.4 Å². The predicted molar refractivity (Wildman–Crippen MR) is 84.8 cm³/mol. The summed E-state index contributed by atoms with van der Waals surface area (Å²) in [5.74, 6) is 0.782. The summed E-state index contributed by atoms with van der Waals surface area (Å²) in [7, 11) is 1.50. The third-order valence-electron chi connectivity index (χ3n) is 4.96. The predicted octanol–water partition coefficient (Wildman–Crippen LogP) is 3.27. The maximum Gasteiger partial charge on any atom is 0.165 e. The van der Waals surface area contributed by atoms with Gasteiger partial charge < -0.3 is 14.4 Å². The molecule has 0 bridgehead atoms. The lowest BCUT2D eigenvalue weighted by atomic mass is 9.88. The van der Waals surface area contributed by atoms with Gasteiger partial charge in [0.2, 0.25) is 0 Å². The van der Waals surface area contributed by atoms with E-state index in [9.17, 15) is 4.39 Å². The van der Waals surface area contributed by atoms with Crippen molar-refractivity contribution in [3.63, 3.8) is 0 Å². The molecule has 1 aromatic carbocycles. The van der Waals surface area contributed by atoms with E-state index in [2.05, 4.69) is 4.90 Å². The van der Waals surface area contributed by atoms with Crippen molar-refractivity contribution in [3.8, 4) is 5.75 Å². The minimum atomic E-state index is -0.264. The fourth-order valence-electron chi connectivity index (χ4n) is 3.74. The van der Waals surface area contributed by atoms with Gasteiger partial charge in [0.15, 0.2) is 11.6 Å². The fraction of sp³-hybridized carbons (Fsp3) is 0.667. The lowest BCUT2D eigenvalue weighted by Crippen LogP contribution is -2.46. The van der Waals surface area contributed by atoms with E-state index >= 15 is 0 Å². The van der Waals surface area contributed by atoms with E-state index in [4.69, 9.17) is 9.47 Å². The van der Waals surface area contributed by atoms with Crippen molar-refractivity contribution in [2.45, 2.75) is 38.2 Å². The molecule has 2 atom stereocenters. The molecular weight excluding hydrogens is 281 g/mol. The first-order valence-corrected chi connectivity index (χ1v) is 8.42. The summed E-state index contributed by atoms with van der Waals surface area (Å²) in [4.78, 5) is 2.55. The van der Waals surface area contributed by atoms with Crippen LogP contribution in [0, 0.1) is 11.7 Å². The fourth-order valence-corrected chi connectivity index (χ4v) is 3.74. The van der Waals surface area contributed by atoms with Crippen LogP contribution in [0.1, 0.15) is 31.2 Å². The Hall–Kier alpha value is -1.13. The molecule has 2 aliphatic rings. The summed E-state index contributed by atoms with van der Waals surface area (Å²) in [5, 5.41) is 0. The maximum atomic E-state index is 13.7. The van der Waals surface area contributed by atoms with Gasteiger partial charge in [0.1, 0.15) is 0 Å². The summed E-state index contributed by atoms with van der Waals surface area (Å²) in [6, 6.07) is 5.28. The first kappa shape index (κ1) is 15.8. The number of ether oxygens (including phenoxy) is 2. The summed E-state index contributed by atoms with van der Waals surface area (Å²) in [6.45, 7) is 4.35. The number of rotatable bonds is 5. The second-order valence-corrected chi connectivity index (χ2v) is 6.47. The quantitative estimate of drug-likeness (QED) is 0.833. The molecule has 2 fully saturated rings. The molecule has 2 saturated heterocycles. The van der Waals surface area contributed by atoms with Gasteiger partial charge in [0.25, 0.3) is 0 Å².